The molecule has 6 nitrogen and oxygen atoms in total. The van der Waals surface area contributed by atoms with Crippen LogP contribution in [0.5, 0.6) is 0 Å². The van der Waals surface area contributed by atoms with E-state index in [0.717, 1.165) is 77.0 Å². The fourth-order valence-corrected chi connectivity index (χ4v) is 9.23. The molecule has 0 aliphatic carbocycles. The maximum atomic E-state index is 12.9. The fourth-order valence-electron chi connectivity index (χ4n) is 9.23. The molecule has 0 N–H and O–H groups in total. The number of carbonyl (C=O) groups excluding carboxylic acids is 3. The summed E-state index contributed by atoms with van der Waals surface area (Å²) in [5.41, 5.74) is 0. The van der Waals surface area contributed by atoms with Crippen molar-refractivity contribution in [1.82, 2.24) is 0 Å². The van der Waals surface area contributed by atoms with E-state index in [2.05, 4.69) is 69.4 Å². The van der Waals surface area contributed by atoms with Crippen molar-refractivity contribution < 1.29 is 28.6 Å². The van der Waals surface area contributed by atoms with Crippen molar-refractivity contribution in [1.29, 1.82) is 0 Å². The van der Waals surface area contributed by atoms with Gasteiger partial charge in [-0.1, -0.05) is 262 Å². The van der Waals surface area contributed by atoms with Crippen LogP contribution in [0.2, 0.25) is 0 Å². The summed E-state index contributed by atoms with van der Waals surface area (Å²) in [6, 6.07) is 0. The van der Waals surface area contributed by atoms with Gasteiger partial charge < -0.3 is 14.2 Å². The van der Waals surface area contributed by atoms with Gasteiger partial charge in [0.1, 0.15) is 13.2 Å². The molecule has 0 fully saturated rings. The van der Waals surface area contributed by atoms with Crippen molar-refractivity contribution in [2.24, 2.45) is 0 Å². The molecule has 0 aromatic rings. The molecule has 1 unspecified atom stereocenters. The van der Waals surface area contributed by atoms with E-state index in [1.165, 1.54) is 218 Å². The topological polar surface area (TPSA) is 78.9 Å². The summed E-state index contributed by atoms with van der Waals surface area (Å²) in [6.07, 6.45) is 75.5. The molecule has 72 heavy (non-hydrogen) atoms. The van der Waals surface area contributed by atoms with Crippen LogP contribution in [0.15, 0.2) is 48.6 Å². The van der Waals surface area contributed by atoms with E-state index in [-0.39, 0.29) is 31.1 Å². The van der Waals surface area contributed by atoms with Crippen LogP contribution >= 0.6 is 0 Å². The summed E-state index contributed by atoms with van der Waals surface area (Å²) < 4.78 is 16.9. The Kier molecular flexibility index (Phi) is 58.7. The fraction of sp³-hybridized carbons (Fsp3) is 0.833. The van der Waals surface area contributed by atoms with Crippen molar-refractivity contribution in [3.8, 4) is 0 Å². The summed E-state index contributed by atoms with van der Waals surface area (Å²) in [7, 11) is 0. The Morgan fingerprint density at radius 2 is 0.500 bits per heavy atom. The smallest absolute Gasteiger partial charge is 0.306 e. The molecule has 0 spiro atoms. The van der Waals surface area contributed by atoms with Crippen molar-refractivity contribution in [2.75, 3.05) is 13.2 Å². The third-order valence-electron chi connectivity index (χ3n) is 14.0. The van der Waals surface area contributed by atoms with Crippen molar-refractivity contribution in [3.63, 3.8) is 0 Å². The lowest BCUT2D eigenvalue weighted by Gasteiger charge is -2.18. The molecule has 0 saturated carbocycles. The number of esters is 3. The summed E-state index contributed by atoms with van der Waals surface area (Å²) in [5, 5.41) is 0. The van der Waals surface area contributed by atoms with Gasteiger partial charge in [0.2, 0.25) is 0 Å². The lowest BCUT2D eigenvalue weighted by atomic mass is 10.0. The summed E-state index contributed by atoms with van der Waals surface area (Å²) in [6.45, 7) is 6.63. The number of ether oxygens (including phenoxy) is 3. The zero-order valence-electron chi connectivity index (χ0n) is 48.2. The molecule has 0 radical (unpaired) electrons. The second kappa shape index (κ2) is 60.9. The van der Waals surface area contributed by atoms with Crippen LogP contribution in [0.25, 0.3) is 0 Å². The first-order chi connectivity index (χ1) is 35.5. The normalized spacial score (nSPS) is 12.3. The predicted octanol–water partition coefficient (Wildman–Crippen LogP) is 21.4. The van der Waals surface area contributed by atoms with Gasteiger partial charge in [-0.15, -0.1) is 0 Å². The van der Waals surface area contributed by atoms with Gasteiger partial charge in [0.15, 0.2) is 6.10 Å². The molecule has 1 atom stereocenters. The second-order valence-corrected chi connectivity index (χ2v) is 21.3. The van der Waals surface area contributed by atoms with Gasteiger partial charge in [-0.2, -0.15) is 0 Å². The maximum Gasteiger partial charge on any atom is 0.306 e. The highest BCUT2D eigenvalue weighted by Crippen LogP contribution is 2.17. The molecule has 0 aliphatic rings. The molecular weight excluding hydrogens is 889 g/mol. The first kappa shape index (κ1) is 69.4. The number of hydrogen-bond donors (Lipinski definition) is 0. The number of allylic oxidation sites excluding steroid dienone is 8. The van der Waals surface area contributed by atoms with Gasteiger partial charge in [-0.3, -0.25) is 14.4 Å². The van der Waals surface area contributed by atoms with Crippen LogP contribution < -0.4 is 0 Å². The number of carbonyl (C=O) groups is 3. The minimum atomic E-state index is -0.779. The zero-order chi connectivity index (χ0) is 52.2. The Hall–Kier alpha value is -2.63. The minimum Gasteiger partial charge on any atom is -0.462 e. The van der Waals surface area contributed by atoms with Crippen molar-refractivity contribution >= 4 is 17.9 Å². The summed E-state index contributed by atoms with van der Waals surface area (Å²) in [4.78, 5) is 38.2. The van der Waals surface area contributed by atoms with Gasteiger partial charge in [-0.25, -0.2) is 0 Å². The Balaban J connectivity index is 4.21. The average Bonchev–Trinajstić information content (AvgIpc) is 3.38. The van der Waals surface area contributed by atoms with Crippen LogP contribution in [0.3, 0.4) is 0 Å². The van der Waals surface area contributed by atoms with E-state index in [0.29, 0.717) is 19.3 Å². The standard InChI is InChI=1S/C66H120O6/c1-4-7-10-13-16-19-22-25-27-28-29-30-31-32-33-34-35-36-37-38-39-42-44-47-50-53-56-59-65(68)71-62-63(61-70-64(67)58-55-52-49-46-43-40-24-21-18-15-12-9-6-3)72-66(69)60-57-54-51-48-45-41-26-23-20-17-14-11-8-5-2/h21-26,28-29,63H,4-20,27,30-62H2,1-3H3/b24-21-,25-22-,26-23-,29-28-. The molecule has 0 rings (SSSR count). The molecule has 420 valence electrons. The van der Waals surface area contributed by atoms with Crippen LogP contribution in [0.1, 0.15) is 335 Å². The van der Waals surface area contributed by atoms with E-state index in [1.807, 2.05) is 0 Å². The lowest BCUT2D eigenvalue weighted by Crippen LogP contribution is -2.30. The molecule has 0 heterocycles. The highest BCUT2D eigenvalue weighted by molar-refractivity contribution is 5.71. The number of hydrogen-bond acceptors (Lipinski definition) is 6. The van der Waals surface area contributed by atoms with Gasteiger partial charge in [0, 0.05) is 19.3 Å². The third kappa shape index (κ3) is 58.3. The molecule has 0 aliphatic heterocycles. The molecule has 0 bridgehead atoms. The van der Waals surface area contributed by atoms with Gasteiger partial charge >= 0.3 is 17.9 Å². The molecule has 0 saturated heterocycles. The highest BCUT2D eigenvalue weighted by Gasteiger charge is 2.19. The Morgan fingerprint density at radius 3 is 0.792 bits per heavy atom. The number of rotatable bonds is 58. The molecule has 0 amide bonds. The van der Waals surface area contributed by atoms with E-state index in [4.69, 9.17) is 14.2 Å². The summed E-state index contributed by atoms with van der Waals surface area (Å²) in [5.74, 6) is -0.878. The van der Waals surface area contributed by atoms with Gasteiger partial charge in [-0.05, 0) is 103 Å². The molecular formula is C66H120O6. The van der Waals surface area contributed by atoms with Crippen LogP contribution in [-0.2, 0) is 28.6 Å². The third-order valence-corrected chi connectivity index (χ3v) is 14.0. The average molecular weight is 1010 g/mol. The van der Waals surface area contributed by atoms with Crippen LogP contribution in [-0.4, -0.2) is 37.2 Å². The first-order valence-electron chi connectivity index (χ1n) is 31.6. The molecule has 6 heteroatoms. The molecule has 0 aromatic carbocycles. The van der Waals surface area contributed by atoms with Crippen molar-refractivity contribution in [2.45, 2.75) is 341 Å². The van der Waals surface area contributed by atoms with E-state index >= 15 is 0 Å². The predicted molar refractivity (Wildman–Crippen MR) is 312 cm³/mol. The Bertz CT molecular complexity index is 1250. The Labute approximate surface area is 448 Å². The summed E-state index contributed by atoms with van der Waals surface area (Å²) >= 11 is 0. The van der Waals surface area contributed by atoms with E-state index < -0.39 is 6.10 Å². The van der Waals surface area contributed by atoms with E-state index in [1.54, 1.807) is 0 Å². The zero-order valence-corrected chi connectivity index (χ0v) is 48.2. The number of unbranched alkanes of at least 4 members (excludes halogenated alkanes) is 39. The monoisotopic (exact) mass is 1010 g/mol. The quantitative estimate of drug-likeness (QED) is 0.0261. The van der Waals surface area contributed by atoms with Crippen molar-refractivity contribution in [3.05, 3.63) is 48.6 Å². The highest BCUT2D eigenvalue weighted by atomic mass is 16.6. The van der Waals surface area contributed by atoms with Gasteiger partial charge in [0.05, 0.1) is 0 Å². The Morgan fingerprint density at radius 1 is 0.278 bits per heavy atom. The van der Waals surface area contributed by atoms with Crippen LogP contribution in [0.4, 0.5) is 0 Å². The SMILES string of the molecule is CCCCCC/C=C\CCCCCCCC(=O)OCC(COC(=O)CCCCCCCCCCCCCCCCC/C=C\C/C=C\CCCCCCC)OC(=O)CCCCCCC/C=C\CCCCCCC. The molecule has 0 aromatic heterocycles. The minimum absolute atomic E-state index is 0.0764. The lowest BCUT2D eigenvalue weighted by molar-refractivity contribution is -0.167. The maximum absolute atomic E-state index is 12.9. The second-order valence-electron chi connectivity index (χ2n) is 21.3. The first-order valence-corrected chi connectivity index (χ1v) is 31.6. The van der Waals surface area contributed by atoms with Crippen LogP contribution in [0, 0.1) is 0 Å². The largest absolute Gasteiger partial charge is 0.462 e. The van der Waals surface area contributed by atoms with Gasteiger partial charge in [0.25, 0.3) is 0 Å². The van der Waals surface area contributed by atoms with E-state index in [9.17, 15) is 14.4 Å².